The summed E-state index contributed by atoms with van der Waals surface area (Å²) in [6.07, 6.45) is 1.52. The van der Waals surface area contributed by atoms with Gasteiger partial charge in [-0.2, -0.15) is 18.3 Å². The van der Waals surface area contributed by atoms with Crippen LogP contribution in [-0.2, 0) is 6.18 Å². The summed E-state index contributed by atoms with van der Waals surface area (Å²) in [4.78, 5) is 17.5. The van der Waals surface area contributed by atoms with Gasteiger partial charge in [0.05, 0.1) is 10.6 Å². The van der Waals surface area contributed by atoms with E-state index in [9.17, 15) is 18.0 Å². The lowest BCUT2D eigenvalue weighted by Gasteiger charge is -2.15. The van der Waals surface area contributed by atoms with Gasteiger partial charge in [0, 0.05) is 12.1 Å². The lowest BCUT2D eigenvalue weighted by Crippen LogP contribution is -2.34. The Morgan fingerprint density at radius 2 is 1.93 bits per heavy atom. The van der Waals surface area contributed by atoms with E-state index >= 15 is 0 Å². The number of nitrogens with one attached hydrogen (secondary N) is 1. The van der Waals surface area contributed by atoms with Crippen molar-refractivity contribution in [2.24, 2.45) is 0 Å². The molecule has 1 amide bonds. The minimum atomic E-state index is -4.62. The summed E-state index contributed by atoms with van der Waals surface area (Å²) in [5.41, 5.74) is -0.783. The van der Waals surface area contributed by atoms with E-state index in [2.05, 4.69) is 15.4 Å². The second kappa shape index (κ2) is 7.54. The normalized spacial score (nSPS) is 16.2. The van der Waals surface area contributed by atoms with Gasteiger partial charge in [0.15, 0.2) is 17.0 Å². The number of amides is 1. The Kier molecular flexibility index (Phi) is 5.09. The molecule has 3 aromatic rings. The van der Waals surface area contributed by atoms with Crippen molar-refractivity contribution in [2.75, 3.05) is 0 Å². The number of rotatable bonds is 3. The van der Waals surface area contributed by atoms with Crippen LogP contribution in [0.2, 0.25) is 0 Å². The zero-order valence-corrected chi connectivity index (χ0v) is 15.8. The topological polar surface area (TPSA) is 59.3 Å². The van der Waals surface area contributed by atoms with E-state index in [0.29, 0.717) is 9.39 Å². The summed E-state index contributed by atoms with van der Waals surface area (Å²) in [6.45, 7) is 0. The molecule has 1 aliphatic carbocycles. The third-order valence-electron chi connectivity index (χ3n) is 4.91. The van der Waals surface area contributed by atoms with E-state index < -0.39 is 17.8 Å². The molecule has 1 fully saturated rings. The zero-order chi connectivity index (χ0) is 19.7. The molecule has 0 atom stereocenters. The highest BCUT2D eigenvalue weighted by Crippen LogP contribution is 2.33. The Labute approximate surface area is 163 Å². The highest BCUT2D eigenvalue weighted by atomic mass is 32.1. The summed E-state index contributed by atoms with van der Waals surface area (Å²) in [5.74, 6) is -0.455. The molecular weight excluding hydrogens is 389 g/mol. The quantitative estimate of drug-likeness (QED) is 0.625. The summed E-state index contributed by atoms with van der Waals surface area (Å²) in [7, 11) is 0. The summed E-state index contributed by atoms with van der Waals surface area (Å²) in [6, 6.07) is 5.79. The summed E-state index contributed by atoms with van der Waals surface area (Å²) in [5, 5.41) is 8.60. The number of carbonyl (C=O) groups excluding carboxylic acids is 1. The molecule has 3 heterocycles. The van der Waals surface area contributed by atoms with Gasteiger partial charge in [0.25, 0.3) is 5.91 Å². The van der Waals surface area contributed by atoms with Crippen molar-refractivity contribution in [3.05, 3.63) is 41.0 Å². The molecule has 0 bridgehead atoms. The number of fused-ring (bicyclic) bond motifs is 1. The Balaban J connectivity index is 1.70. The fraction of sp³-hybridized carbons (Fsp3) is 0.421. The monoisotopic (exact) mass is 408 g/mol. The molecule has 3 aromatic heterocycles. The van der Waals surface area contributed by atoms with Crippen molar-refractivity contribution in [2.45, 2.75) is 50.7 Å². The highest BCUT2D eigenvalue weighted by Gasteiger charge is 2.36. The van der Waals surface area contributed by atoms with Crippen molar-refractivity contribution in [3.8, 4) is 10.6 Å². The molecule has 1 N–H and O–H groups in total. The van der Waals surface area contributed by atoms with Gasteiger partial charge in [-0.25, -0.2) is 9.50 Å². The second-order valence-corrected chi connectivity index (χ2v) is 7.91. The predicted octanol–water partition coefficient (Wildman–Crippen LogP) is 4.93. The van der Waals surface area contributed by atoms with E-state index in [4.69, 9.17) is 0 Å². The van der Waals surface area contributed by atoms with Crippen LogP contribution in [0.5, 0.6) is 0 Å². The first-order valence-corrected chi connectivity index (χ1v) is 10.1. The number of hydrogen-bond acceptors (Lipinski definition) is 4. The molecule has 1 saturated carbocycles. The molecule has 0 aliphatic heterocycles. The third-order valence-corrected chi connectivity index (χ3v) is 5.81. The first kappa shape index (κ1) is 18.9. The molecule has 9 heteroatoms. The fourth-order valence-electron chi connectivity index (χ4n) is 3.52. The Morgan fingerprint density at radius 1 is 1.18 bits per heavy atom. The van der Waals surface area contributed by atoms with Crippen LogP contribution < -0.4 is 5.32 Å². The van der Waals surface area contributed by atoms with E-state index in [0.717, 1.165) is 44.6 Å². The van der Waals surface area contributed by atoms with Crippen LogP contribution in [0.1, 0.15) is 54.7 Å². The van der Waals surface area contributed by atoms with Gasteiger partial charge in [-0.1, -0.05) is 31.7 Å². The van der Waals surface area contributed by atoms with Crippen molar-refractivity contribution >= 4 is 22.9 Å². The van der Waals surface area contributed by atoms with Gasteiger partial charge in [0.1, 0.15) is 0 Å². The molecule has 0 radical (unpaired) electrons. The van der Waals surface area contributed by atoms with Crippen molar-refractivity contribution in [1.82, 2.24) is 19.9 Å². The molecule has 1 aliphatic rings. The van der Waals surface area contributed by atoms with Crippen LogP contribution in [0.15, 0.2) is 29.6 Å². The number of carbonyl (C=O) groups is 1. The standard InChI is InChI=1S/C19H19F3N4OS/c20-19(21,22)16-10-13(15-8-5-9-28-15)24-17-11-14(25-26(16)17)18(27)23-12-6-3-1-2-4-7-12/h5,8-12H,1-4,6-7H2,(H,23,27). The van der Waals surface area contributed by atoms with Gasteiger partial charge in [0.2, 0.25) is 0 Å². The maximum atomic E-state index is 13.6. The minimum Gasteiger partial charge on any atom is -0.348 e. The Hall–Kier alpha value is -2.42. The molecule has 28 heavy (non-hydrogen) atoms. The largest absolute Gasteiger partial charge is 0.433 e. The van der Waals surface area contributed by atoms with Crippen LogP contribution in [0.3, 0.4) is 0 Å². The van der Waals surface area contributed by atoms with E-state index in [-0.39, 0.29) is 23.1 Å². The molecule has 148 valence electrons. The molecule has 0 spiro atoms. The number of alkyl halides is 3. The van der Waals surface area contributed by atoms with Crippen molar-refractivity contribution < 1.29 is 18.0 Å². The number of nitrogens with zero attached hydrogens (tertiary/aromatic N) is 3. The van der Waals surface area contributed by atoms with Gasteiger partial charge in [-0.3, -0.25) is 4.79 Å². The predicted molar refractivity (Wildman–Crippen MR) is 100 cm³/mol. The maximum absolute atomic E-state index is 13.6. The van der Waals surface area contributed by atoms with Crippen LogP contribution in [0.25, 0.3) is 16.2 Å². The lowest BCUT2D eigenvalue weighted by atomic mass is 10.1. The first-order chi connectivity index (χ1) is 13.4. The number of thiophene rings is 1. The smallest absolute Gasteiger partial charge is 0.348 e. The minimum absolute atomic E-state index is 0.00393. The Bertz CT molecular complexity index is 973. The second-order valence-electron chi connectivity index (χ2n) is 6.96. The fourth-order valence-corrected chi connectivity index (χ4v) is 4.21. The highest BCUT2D eigenvalue weighted by molar-refractivity contribution is 7.13. The number of halogens is 3. The van der Waals surface area contributed by atoms with Crippen molar-refractivity contribution in [1.29, 1.82) is 0 Å². The van der Waals surface area contributed by atoms with Crippen molar-refractivity contribution in [3.63, 3.8) is 0 Å². The maximum Gasteiger partial charge on any atom is 0.433 e. The van der Waals surface area contributed by atoms with Gasteiger partial charge < -0.3 is 5.32 Å². The summed E-state index contributed by atoms with van der Waals surface area (Å²) >= 11 is 1.30. The van der Waals surface area contributed by atoms with E-state index in [1.54, 1.807) is 17.5 Å². The van der Waals surface area contributed by atoms with E-state index in [1.807, 2.05) is 0 Å². The molecule has 0 saturated heterocycles. The van der Waals surface area contributed by atoms with Gasteiger partial charge >= 0.3 is 6.18 Å². The van der Waals surface area contributed by atoms with Crippen LogP contribution in [0, 0.1) is 0 Å². The summed E-state index contributed by atoms with van der Waals surface area (Å²) < 4.78 is 41.5. The molecule has 0 unspecified atom stereocenters. The average Bonchev–Trinajstić information content (AvgIpc) is 3.26. The number of hydrogen-bond donors (Lipinski definition) is 1. The number of aromatic nitrogens is 3. The van der Waals surface area contributed by atoms with Crippen LogP contribution in [-0.4, -0.2) is 26.5 Å². The average molecular weight is 408 g/mol. The molecule has 4 rings (SSSR count). The third kappa shape index (κ3) is 3.89. The van der Waals surface area contributed by atoms with Crippen LogP contribution in [0.4, 0.5) is 13.2 Å². The van der Waals surface area contributed by atoms with Gasteiger partial charge in [-0.05, 0) is 30.4 Å². The van der Waals surface area contributed by atoms with E-state index in [1.165, 1.54) is 17.4 Å². The first-order valence-electron chi connectivity index (χ1n) is 9.24. The zero-order valence-electron chi connectivity index (χ0n) is 15.0. The molecule has 5 nitrogen and oxygen atoms in total. The lowest BCUT2D eigenvalue weighted by molar-refractivity contribution is -0.142. The van der Waals surface area contributed by atoms with Crippen LogP contribution >= 0.6 is 11.3 Å². The molecular formula is C19H19F3N4OS. The SMILES string of the molecule is O=C(NC1CCCCCC1)c1cc2nc(-c3cccs3)cc(C(F)(F)F)n2n1. The van der Waals surface area contributed by atoms with Gasteiger partial charge in [-0.15, -0.1) is 11.3 Å². The molecule has 0 aromatic carbocycles. The Morgan fingerprint density at radius 3 is 2.57 bits per heavy atom.